The number of hydrogen-bond acceptors (Lipinski definition) is 8. The molecule has 3 aliphatic rings. The van der Waals surface area contributed by atoms with Crippen molar-refractivity contribution in [1.29, 1.82) is 0 Å². The molecule has 0 amide bonds. The highest BCUT2D eigenvalue weighted by atomic mass is 32.2. The molecular weight excluding hydrogens is 382 g/mol. The summed E-state index contributed by atoms with van der Waals surface area (Å²) in [6.07, 6.45) is 0. The molecular formula is C15H19N3O6S2. The minimum Gasteiger partial charge on any atom is -0.306 e. The van der Waals surface area contributed by atoms with Gasteiger partial charge in [-0.1, -0.05) is 12.1 Å². The Bertz CT molecular complexity index is 896. The standard InChI is InChI=1S/C15H19N3O6S2/c19-18(20)11-3-1-10(2-4-11)5-17-14-8-25(21,22)6-12(14)16-13-7-26(23,24)9-15(13)17/h1-4,12-16H,5-9H2/t12-,13-,14-,15+/m0/s1. The van der Waals surface area contributed by atoms with Gasteiger partial charge in [-0.3, -0.25) is 15.0 Å². The number of hydrogen-bond donors (Lipinski definition) is 1. The third kappa shape index (κ3) is 3.24. The Kier molecular flexibility index (Phi) is 4.10. The van der Waals surface area contributed by atoms with Gasteiger partial charge < -0.3 is 5.32 Å². The normalized spacial score (nSPS) is 34.9. The average molecular weight is 401 g/mol. The van der Waals surface area contributed by atoms with Crippen molar-refractivity contribution in [3.05, 3.63) is 39.9 Å². The van der Waals surface area contributed by atoms with Crippen molar-refractivity contribution in [2.75, 3.05) is 23.0 Å². The quantitative estimate of drug-likeness (QED) is 0.522. The first kappa shape index (κ1) is 17.8. The largest absolute Gasteiger partial charge is 0.306 e. The van der Waals surface area contributed by atoms with E-state index in [0.717, 1.165) is 5.56 Å². The van der Waals surface area contributed by atoms with E-state index in [1.54, 1.807) is 12.1 Å². The minimum absolute atomic E-state index is 0.000908. The predicted octanol–water partition coefficient (Wildman–Crippen LogP) is -0.669. The lowest BCUT2D eigenvalue weighted by molar-refractivity contribution is -0.384. The Hall–Kier alpha value is -1.56. The van der Waals surface area contributed by atoms with Crippen molar-refractivity contribution in [1.82, 2.24) is 10.2 Å². The van der Waals surface area contributed by atoms with Crippen LogP contribution in [0, 0.1) is 10.1 Å². The molecule has 4 atom stereocenters. The van der Waals surface area contributed by atoms with Crippen LogP contribution in [0.25, 0.3) is 0 Å². The van der Waals surface area contributed by atoms with Gasteiger partial charge in [0.2, 0.25) is 0 Å². The highest BCUT2D eigenvalue weighted by Crippen LogP contribution is 2.33. The summed E-state index contributed by atoms with van der Waals surface area (Å²) in [5.41, 5.74) is 0.778. The smallest absolute Gasteiger partial charge is 0.269 e. The molecule has 0 saturated carbocycles. The number of nitrogens with one attached hydrogen (secondary N) is 1. The van der Waals surface area contributed by atoms with E-state index in [2.05, 4.69) is 5.32 Å². The summed E-state index contributed by atoms with van der Waals surface area (Å²) in [6, 6.07) is 4.94. The Morgan fingerprint density at radius 1 is 0.962 bits per heavy atom. The molecule has 9 nitrogen and oxygen atoms in total. The van der Waals surface area contributed by atoms with Gasteiger partial charge in [-0.15, -0.1) is 0 Å². The van der Waals surface area contributed by atoms with Crippen molar-refractivity contribution in [3.63, 3.8) is 0 Å². The minimum atomic E-state index is -3.17. The molecule has 3 heterocycles. The van der Waals surface area contributed by atoms with Crippen molar-refractivity contribution in [2.24, 2.45) is 0 Å². The zero-order valence-electron chi connectivity index (χ0n) is 13.8. The number of fused-ring (bicyclic) bond motifs is 2. The van der Waals surface area contributed by atoms with E-state index >= 15 is 0 Å². The van der Waals surface area contributed by atoms with Gasteiger partial charge in [0.05, 0.1) is 27.9 Å². The third-order valence-corrected chi connectivity index (χ3v) is 8.87. The fraction of sp³-hybridized carbons (Fsp3) is 0.600. The number of nitro groups is 1. The molecule has 0 aliphatic carbocycles. The Morgan fingerprint density at radius 3 is 1.92 bits per heavy atom. The van der Waals surface area contributed by atoms with Crippen molar-refractivity contribution >= 4 is 25.4 Å². The van der Waals surface area contributed by atoms with E-state index in [1.165, 1.54) is 12.1 Å². The zero-order chi connectivity index (χ0) is 18.7. The molecule has 0 bridgehead atoms. The highest BCUT2D eigenvalue weighted by molar-refractivity contribution is 7.92. The van der Waals surface area contributed by atoms with Gasteiger partial charge in [-0.2, -0.15) is 0 Å². The number of rotatable bonds is 3. The molecule has 4 rings (SSSR count). The first-order valence-electron chi connectivity index (χ1n) is 8.29. The molecule has 142 valence electrons. The van der Waals surface area contributed by atoms with E-state index in [4.69, 9.17) is 0 Å². The van der Waals surface area contributed by atoms with E-state index in [1.807, 2.05) is 4.90 Å². The highest BCUT2D eigenvalue weighted by Gasteiger charge is 2.53. The van der Waals surface area contributed by atoms with Gasteiger partial charge in [0.25, 0.3) is 5.69 Å². The Balaban J connectivity index is 1.64. The number of non-ortho nitro benzene ring substituents is 1. The molecule has 3 saturated heterocycles. The van der Waals surface area contributed by atoms with Gasteiger partial charge in [-0.25, -0.2) is 16.8 Å². The summed E-state index contributed by atoms with van der Waals surface area (Å²) in [7, 11) is -6.35. The predicted molar refractivity (Wildman–Crippen MR) is 94.2 cm³/mol. The van der Waals surface area contributed by atoms with Crippen LogP contribution < -0.4 is 5.32 Å². The molecule has 1 N–H and O–H groups in total. The van der Waals surface area contributed by atoms with Gasteiger partial charge in [0.15, 0.2) is 19.7 Å². The number of benzene rings is 1. The molecule has 1 aromatic rings. The van der Waals surface area contributed by atoms with Crippen LogP contribution >= 0.6 is 0 Å². The number of piperazine rings is 1. The SMILES string of the molecule is O=[N+]([O-])c1ccc(CN2[C@@H]3CS(=O)(=O)C[C@@H]3N[C@H]3CS(=O)(=O)C[C@@H]32)cc1. The van der Waals surface area contributed by atoms with Crippen LogP contribution in [0.15, 0.2) is 24.3 Å². The molecule has 3 fully saturated rings. The zero-order valence-corrected chi connectivity index (χ0v) is 15.4. The van der Waals surface area contributed by atoms with Crippen LogP contribution in [0.2, 0.25) is 0 Å². The summed E-state index contributed by atoms with van der Waals surface area (Å²) >= 11 is 0. The first-order chi connectivity index (χ1) is 12.1. The molecule has 0 unspecified atom stereocenters. The van der Waals surface area contributed by atoms with Crippen molar-refractivity contribution in [3.8, 4) is 0 Å². The maximum atomic E-state index is 12.1. The Morgan fingerprint density at radius 2 is 1.46 bits per heavy atom. The summed E-state index contributed by atoms with van der Waals surface area (Å²) < 4.78 is 48.4. The Labute approximate surface area is 151 Å². The summed E-state index contributed by atoms with van der Waals surface area (Å²) in [5, 5.41) is 14.0. The molecule has 0 spiro atoms. The van der Waals surface area contributed by atoms with Crippen LogP contribution in [-0.2, 0) is 26.2 Å². The van der Waals surface area contributed by atoms with Gasteiger partial charge in [0.1, 0.15) is 0 Å². The van der Waals surface area contributed by atoms with Crippen molar-refractivity contribution in [2.45, 2.75) is 30.7 Å². The lowest BCUT2D eigenvalue weighted by Crippen LogP contribution is -2.66. The first-order valence-corrected chi connectivity index (χ1v) is 11.9. The molecule has 3 aliphatic heterocycles. The number of nitrogens with zero attached hydrogens (tertiary/aromatic N) is 2. The summed E-state index contributed by atoms with van der Waals surface area (Å²) in [4.78, 5) is 12.3. The van der Waals surface area contributed by atoms with Crippen LogP contribution in [0.4, 0.5) is 5.69 Å². The topological polar surface area (TPSA) is 127 Å². The average Bonchev–Trinajstić information content (AvgIpc) is 3.01. The second kappa shape index (κ2) is 5.98. The second-order valence-electron chi connectivity index (χ2n) is 7.26. The van der Waals surface area contributed by atoms with E-state index < -0.39 is 24.6 Å². The van der Waals surface area contributed by atoms with Crippen molar-refractivity contribution < 1.29 is 21.8 Å². The van der Waals surface area contributed by atoms with Crippen LogP contribution in [-0.4, -0.2) is 73.8 Å². The fourth-order valence-corrected chi connectivity index (χ4v) is 8.21. The number of sulfone groups is 2. The molecule has 1 aromatic carbocycles. The summed E-state index contributed by atoms with van der Waals surface area (Å²) in [6.45, 7) is 0.368. The molecule has 0 aromatic heterocycles. The molecule has 26 heavy (non-hydrogen) atoms. The second-order valence-corrected chi connectivity index (χ2v) is 11.6. The lowest BCUT2D eigenvalue weighted by Gasteiger charge is -2.45. The van der Waals surface area contributed by atoms with E-state index in [9.17, 15) is 26.9 Å². The third-order valence-electron chi connectivity index (χ3n) is 5.44. The number of nitro benzene ring substituents is 1. The fourth-order valence-electron chi connectivity index (χ4n) is 4.32. The maximum Gasteiger partial charge on any atom is 0.269 e. The van der Waals surface area contributed by atoms with Gasteiger partial charge in [-0.05, 0) is 5.56 Å². The van der Waals surface area contributed by atoms with Gasteiger partial charge in [0, 0.05) is 42.8 Å². The summed E-state index contributed by atoms with van der Waals surface area (Å²) in [5.74, 6) is 0.0250. The van der Waals surface area contributed by atoms with E-state index in [0.29, 0.717) is 6.54 Å². The van der Waals surface area contributed by atoms with Crippen LogP contribution in [0.5, 0.6) is 0 Å². The lowest BCUT2D eigenvalue weighted by atomic mass is 9.96. The van der Waals surface area contributed by atoms with E-state index in [-0.39, 0.29) is 52.9 Å². The van der Waals surface area contributed by atoms with Crippen LogP contribution in [0.1, 0.15) is 5.56 Å². The van der Waals surface area contributed by atoms with Crippen LogP contribution in [0.3, 0.4) is 0 Å². The van der Waals surface area contributed by atoms with Gasteiger partial charge >= 0.3 is 0 Å². The monoisotopic (exact) mass is 401 g/mol. The molecule has 11 heteroatoms. The molecule has 0 radical (unpaired) electrons. The maximum absolute atomic E-state index is 12.1.